The maximum Gasteiger partial charge on any atom is 0.175 e. The Morgan fingerprint density at radius 2 is 2.00 bits per heavy atom. The minimum atomic E-state index is -3.23. The van der Waals surface area contributed by atoms with Crippen molar-refractivity contribution in [2.24, 2.45) is 0 Å². The van der Waals surface area contributed by atoms with Crippen molar-refractivity contribution in [2.75, 3.05) is 19.8 Å². The summed E-state index contributed by atoms with van der Waals surface area (Å²) in [5.74, 6) is 0. The number of hydrogen-bond acceptors (Lipinski definition) is 3. The molecule has 1 rings (SSSR count). The van der Waals surface area contributed by atoms with Crippen LogP contribution in [0, 0.1) is 0 Å². The Labute approximate surface area is 115 Å². The second kappa shape index (κ2) is 6.55. The molecule has 0 saturated heterocycles. The molecule has 0 fully saturated rings. The second-order valence-corrected chi connectivity index (χ2v) is 6.97. The van der Waals surface area contributed by atoms with E-state index in [0.717, 1.165) is 19.4 Å². The summed E-state index contributed by atoms with van der Waals surface area (Å²) < 4.78 is 23.4. The third kappa shape index (κ3) is 4.26. The highest BCUT2D eigenvalue weighted by atomic mass is 35.5. The zero-order valence-corrected chi connectivity index (χ0v) is 12.7. The average molecular weight is 290 g/mol. The maximum atomic E-state index is 11.7. The summed E-state index contributed by atoms with van der Waals surface area (Å²) in [6.45, 7) is 3.62. The molecule has 0 saturated carbocycles. The van der Waals surface area contributed by atoms with E-state index >= 15 is 0 Å². The SMILES string of the molecule is CCCCN(C)Cc1c(Cl)cccc1S(C)(=O)=O. The molecule has 0 heterocycles. The molecule has 0 unspecified atom stereocenters. The Balaban J connectivity index is 3.01. The van der Waals surface area contributed by atoms with Gasteiger partial charge in [0.2, 0.25) is 0 Å². The third-order valence-corrected chi connectivity index (χ3v) is 4.33. The van der Waals surface area contributed by atoms with Crippen LogP contribution < -0.4 is 0 Å². The number of rotatable bonds is 6. The normalized spacial score (nSPS) is 12.1. The molecule has 0 aliphatic carbocycles. The molecule has 0 radical (unpaired) electrons. The third-order valence-electron chi connectivity index (χ3n) is 2.80. The molecule has 18 heavy (non-hydrogen) atoms. The van der Waals surface area contributed by atoms with E-state index in [1.54, 1.807) is 18.2 Å². The molecule has 0 atom stereocenters. The summed E-state index contributed by atoms with van der Waals surface area (Å²) in [6.07, 6.45) is 3.43. The van der Waals surface area contributed by atoms with Crippen molar-refractivity contribution in [1.29, 1.82) is 0 Å². The molecule has 0 aliphatic heterocycles. The number of sulfone groups is 1. The monoisotopic (exact) mass is 289 g/mol. The van der Waals surface area contributed by atoms with Crippen LogP contribution in [0.3, 0.4) is 0 Å². The summed E-state index contributed by atoms with van der Waals surface area (Å²) in [5.41, 5.74) is 0.695. The van der Waals surface area contributed by atoms with Crippen LogP contribution in [0.5, 0.6) is 0 Å². The first-order valence-electron chi connectivity index (χ1n) is 6.02. The molecule has 0 aliphatic rings. The number of hydrogen-bond donors (Lipinski definition) is 0. The summed E-state index contributed by atoms with van der Waals surface area (Å²) in [4.78, 5) is 2.43. The van der Waals surface area contributed by atoms with Gasteiger partial charge in [0.1, 0.15) is 0 Å². The van der Waals surface area contributed by atoms with Crippen molar-refractivity contribution in [2.45, 2.75) is 31.2 Å². The van der Waals surface area contributed by atoms with Gasteiger partial charge in [0.05, 0.1) is 4.90 Å². The van der Waals surface area contributed by atoms with Gasteiger partial charge in [0, 0.05) is 23.4 Å². The largest absolute Gasteiger partial charge is 0.302 e. The molecular weight excluding hydrogens is 270 g/mol. The Kier molecular flexibility index (Phi) is 5.63. The summed E-state index contributed by atoms with van der Waals surface area (Å²) >= 11 is 6.12. The highest BCUT2D eigenvalue weighted by Crippen LogP contribution is 2.25. The Bertz CT molecular complexity index is 500. The molecule has 1 aromatic carbocycles. The first kappa shape index (κ1) is 15.5. The Morgan fingerprint density at radius 1 is 1.33 bits per heavy atom. The summed E-state index contributed by atoms with van der Waals surface area (Å²) in [7, 11) is -1.26. The molecule has 0 amide bonds. The van der Waals surface area contributed by atoms with Crippen LogP contribution >= 0.6 is 11.6 Å². The van der Waals surface area contributed by atoms with Crippen molar-refractivity contribution >= 4 is 21.4 Å². The summed E-state index contributed by atoms with van der Waals surface area (Å²) in [6, 6.07) is 5.03. The van der Waals surface area contributed by atoms with E-state index < -0.39 is 9.84 Å². The van der Waals surface area contributed by atoms with Crippen LogP contribution in [0.1, 0.15) is 25.3 Å². The van der Waals surface area contributed by atoms with Crippen LogP contribution in [-0.4, -0.2) is 33.2 Å². The highest BCUT2D eigenvalue weighted by molar-refractivity contribution is 7.90. The maximum absolute atomic E-state index is 11.7. The van der Waals surface area contributed by atoms with Crippen molar-refractivity contribution in [1.82, 2.24) is 4.90 Å². The molecule has 0 N–H and O–H groups in total. The fraction of sp³-hybridized carbons (Fsp3) is 0.538. The van der Waals surface area contributed by atoms with Crippen LogP contribution in [0.15, 0.2) is 23.1 Å². The van der Waals surface area contributed by atoms with E-state index in [1.807, 2.05) is 7.05 Å². The predicted octanol–water partition coefficient (Wildman–Crippen LogP) is 2.98. The minimum absolute atomic E-state index is 0.332. The fourth-order valence-corrected chi connectivity index (χ4v) is 3.05. The van der Waals surface area contributed by atoms with E-state index in [2.05, 4.69) is 11.8 Å². The second-order valence-electron chi connectivity index (χ2n) is 4.58. The van der Waals surface area contributed by atoms with E-state index in [0.29, 0.717) is 22.0 Å². The van der Waals surface area contributed by atoms with Crippen LogP contribution in [-0.2, 0) is 16.4 Å². The smallest absolute Gasteiger partial charge is 0.175 e. The lowest BCUT2D eigenvalue weighted by Gasteiger charge is -2.19. The predicted molar refractivity (Wildman–Crippen MR) is 75.8 cm³/mol. The highest BCUT2D eigenvalue weighted by Gasteiger charge is 2.16. The van der Waals surface area contributed by atoms with Gasteiger partial charge in [-0.1, -0.05) is 31.0 Å². The molecule has 3 nitrogen and oxygen atoms in total. The van der Waals surface area contributed by atoms with Gasteiger partial charge in [-0.2, -0.15) is 0 Å². The average Bonchev–Trinajstić information content (AvgIpc) is 2.27. The number of unbranched alkanes of at least 4 members (excludes halogenated alkanes) is 1. The van der Waals surface area contributed by atoms with Gasteiger partial charge < -0.3 is 4.90 Å². The molecule has 0 spiro atoms. The minimum Gasteiger partial charge on any atom is -0.302 e. The quantitative estimate of drug-likeness (QED) is 0.808. The molecule has 102 valence electrons. The number of halogens is 1. The molecule has 0 bridgehead atoms. The van der Waals surface area contributed by atoms with Gasteiger partial charge in [0.25, 0.3) is 0 Å². The van der Waals surface area contributed by atoms with E-state index in [4.69, 9.17) is 11.6 Å². The Hall–Kier alpha value is -0.580. The zero-order valence-electron chi connectivity index (χ0n) is 11.1. The van der Waals surface area contributed by atoms with Gasteiger partial charge >= 0.3 is 0 Å². The number of nitrogens with zero attached hydrogens (tertiary/aromatic N) is 1. The zero-order chi connectivity index (χ0) is 13.8. The van der Waals surface area contributed by atoms with Gasteiger partial charge in [0.15, 0.2) is 9.84 Å². The Morgan fingerprint density at radius 3 is 2.56 bits per heavy atom. The van der Waals surface area contributed by atoms with Crippen molar-refractivity contribution in [3.63, 3.8) is 0 Å². The van der Waals surface area contributed by atoms with Crippen molar-refractivity contribution in [3.8, 4) is 0 Å². The number of benzene rings is 1. The first-order valence-corrected chi connectivity index (χ1v) is 8.29. The van der Waals surface area contributed by atoms with Crippen molar-refractivity contribution in [3.05, 3.63) is 28.8 Å². The molecule has 0 aromatic heterocycles. The van der Waals surface area contributed by atoms with Gasteiger partial charge in [-0.25, -0.2) is 8.42 Å². The van der Waals surface area contributed by atoms with Crippen LogP contribution in [0.2, 0.25) is 5.02 Å². The lowest BCUT2D eigenvalue weighted by Crippen LogP contribution is -2.20. The lowest BCUT2D eigenvalue weighted by molar-refractivity contribution is 0.318. The van der Waals surface area contributed by atoms with E-state index in [1.165, 1.54) is 6.26 Å². The van der Waals surface area contributed by atoms with E-state index in [-0.39, 0.29) is 0 Å². The standard InChI is InChI=1S/C13H20ClNO2S/c1-4-5-9-15(2)10-11-12(14)7-6-8-13(11)18(3,16)17/h6-8H,4-5,9-10H2,1-3H3. The molecule has 5 heteroatoms. The van der Waals surface area contributed by atoms with Gasteiger partial charge in [-0.05, 0) is 32.1 Å². The molecular formula is C13H20ClNO2S. The van der Waals surface area contributed by atoms with Gasteiger partial charge in [-0.15, -0.1) is 0 Å². The van der Waals surface area contributed by atoms with Crippen LogP contribution in [0.25, 0.3) is 0 Å². The van der Waals surface area contributed by atoms with Gasteiger partial charge in [-0.3, -0.25) is 0 Å². The van der Waals surface area contributed by atoms with Crippen LogP contribution in [0.4, 0.5) is 0 Å². The summed E-state index contributed by atoms with van der Waals surface area (Å²) in [5, 5.41) is 0.515. The lowest BCUT2D eigenvalue weighted by atomic mass is 10.2. The van der Waals surface area contributed by atoms with E-state index in [9.17, 15) is 8.42 Å². The molecule has 1 aromatic rings. The fourth-order valence-electron chi connectivity index (χ4n) is 1.82. The topological polar surface area (TPSA) is 37.4 Å². The van der Waals surface area contributed by atoms with Crippen molar-refractivity contribution < 1.29 is 8.42 Å². The first-order chi connectivity index (χ1) is 8.36.